The number of aryl methyl sites for hydroxylation is 2. The Morgan fingerprint density at radius 1 is 1.20 bits per heavy atom. The van der Waals surface area contributed by atoms with E-state index in [0.29, 0.717) is 19.4 Å². The molecule has 1 aliphatic rings. The van der Waals surface area contributed by atoms with Crippen LogP contribution < -0.4 is 0 Å². The maximum Gasteiger partial charge on any atom is 0.306 e. The molecule has 30 heavy (non-hydrogen) atoms. The van der Waals surface area contributed by atoms with Crippen LogP contribution in [0, 0.1) is 18.8 Å². The Hall–Kier alpha value is -2.25. The molecule has 0 N–H and O–H groups in total. The zero-order valence-electron chi connectivity index (χ0n) is 18.9. The number of hydrogen-bond donors (Lipinski definition) is 0. The minimum atomic E-state index is -0.172. The Balaban J connectivity index is 1.78. The first kappa shape index (κ1) is 22.4. The average Bonchev–Trinajstić information content (AvgIpc) is 2.64. The zero-order chi connectivity index (χ0) is 21.9. The van der Waals surface area contributed by atoms with Crippen LogP contribution in [0.15, 0.2) is 35.4 Å². The topological polar surface area (TPSA) is 39.2 Å². The first-order chi connectivity index (χ1) is 14.1. The van der Waals surface area contributed by atoms with E-state index in [2.05, 4.69) is 63.6 Å². The van der Waals surface area contributed by atoms with Crippen LogP contribution >= 0.6 is 11.8 Å². The second-order valence-corrected chi connectivity index (χ2v) is 10.9. The Bertz CT molecular complexity index is 994. The summed E-state index contributed by atoms with van der Waals surface area (Å²) in [5.74, 6) is 6.36. The first-order valence-corrected chi connectivity index (χ1v) is 11.4. The number of benzene rings is 1. The summed E-state index contributed by atoms with van der Waals surface area (Å²) in [7, 11) is 0. The van der Waals surface area contributed by atoms with Gasteiger partial charge in [0.15, 0.2) is 0 Å². The van der Waals surface area contributed by atoms with E-state index in [0.717, 1.165) is 23.2 Å². The lowest BCUT2D eigenvalue weighted by Crippen LogP contribution is -2.33. The van der Waals surface area contributed by atoms with Crippen LogP contribution in [-0.4, -0.2) is 22.3 Å². The highest BCUT2D eigenvalue weighted by Crippen LogP contribution is 2.51. The standard InChI is InChI=1S/C26H31NO2S/c1-7-29-24(28)13-9-19-8-11-21(27-16-19)12-10-20-15-22-23(14-18(20)2)30-26(5,6)17-25(22,3)4/h8,11,14-16H,7,9,13,17H2,1-6H3. The van der Waals surface area contributed by atoms with Crippen molar-refractivity contribution in [3.8, 4) is 11.8 Å². The third-order valence-electron chi connectivity index (χ3n) is 5.38. The van der Waals surface area contributed by atoms with Gasteiger partial charge in [0.05, 0.1) is 6.61 Å². The molecular weight excluding hydrogens is 390 g/mol. The Morgan fingerprint density at radius 3 is 2.63 bits per heavy atom. The van der Waals surface area contributed by atoms with Crippen LogP contribution in [0.5, 0.6) is 0 Å². The minimum absolute atomic E-state index is 0.132. The number of carbonyl (C=O) groups excluding carboxylic acids is 1. The van der Waals surface area contributed by atoms with Gasteiger partial charge in [0.1, 0.15) is 5.69 Å². The van der Waals surface area contributed by atoms with Crippen molar-refractivity contribution in [3.63, 3.8) is 0 Å². The quantitative estimate of drug-likeness (QED) is 0.459. The van der Waals surface area contributed by atoms with Crippen molar-refractivity contribution in [2.24, 2.45) is 0 Å². The van der Waals surface area contributed by atoms with E-state index in [1.807, 2.05) is 30.8 Å². The van der Waals surface area contributed by atoms with Crippen LogP contribution in [0.2, 0.25) is 0 Å². The maximum absolute atomic E-state index is 11.5. The molecule has 2 heterocycles. The van der Waals surface area contributed by atoms with Crippen LogP contribution in [0.3, 0.4) is 0 Å². The lowest BCUT2D eigenvalue weighted by molar-refractivity contribution is -0.143. The summed E-state index contributed by atoms with van der Waals surface area (Å²) < 4.78 is 5.21. The largest absolute Gasteiger partial charge is 0.466 e. The van der Waals surface area contributed by atoms with Gasteiger partial charge in [-0.1, -0.05) is 39.7 Å². The van der Waals surface area contributed by atoms with Crippen LogP contribution in [0.25, 0.3) is 0 Å². The third kappa shape index (κ3) is 5.46. The molecular formula is C26H31NO2S. The summed E-state index contributed by atoms with van der Waals surface area (Å²) in [5, 5.41) is 0. The predicted octanol–water partition coefficient (Wildman–Crippen LogP) is 5.84. The van der Waals surface area contributed by atoms with Crippen molar-refractivity contribution in [2.75, 3.05) is 6.61 Å². The SMILES string of the molecule is CCOC(=O)CCc1ccc(C#Cc2cc3c(cc2C)SC(C)(C)CC3(C)C)nc1. The summed E-state index contributed by atoms with van der Waals surface area (Å²) in [6.07, 6.45) is 3.94. The number of hydrogen-bond acceptors (Lipinski definition) is 4. The molecule has 3 rings (SSSR count). The lowest BCUT2D eigenvalue weighted by atomic mass is 9.76. The van der Waals surface area contributed by atoms with Gasteiger partial charge in [0, 0.05) is 27.8 Å². The van der Waals surface area contributed by atoms with Gasteiger partial charge < -0.3 is 4.74 Å². The van der Waals surface area contributed by atoms with Gasteiger partial charge in [-0.2, -0.15) is 0 Å². The molecule has 0 unspecified atom stereocenters. The minimum Gasteiger partial charge on any atom is -0.466 e. The van der Waals surface area contributed by atoms with E-state index in [1.165, 1.54) is 16.0 Å². The van der Waals surface area contributed by atoms with Gasteiger partial charge in [0.25, 0.3) is 0 Å². The predicted molar refractivity (Wildman–Crippen MR) is 124 cm³/mol. The molecule has 0 fully saturated rings. The number of fused-ring (bicyclic) bond motifs is 1. The maximum atomic E-state index is 11.5. The van der Waals surface area contributed by atoms with Crippen LogP contribution in [0.4, 0.5) is 0 Å². The molecule has 0 saturated carbocycles. The summed E-state index contributed by atoms with van der Waals surface area (Å²) in [6.45, 7) is 13.7. The van der Waals surface area contributed by atoms with Gasteiger partial charge in [-0.15, -0.1) is 11.8 Å². The molecule has 3 nitrogen and oxygen atoms in total. The first-order valence-electron chi connectivity index (χ1n) is 10.6. The van der Waals surface area contributed by atoms with E-state index in [-0.39, 0.29) is 16.1 Å². The highest BCUT2D eigenvalue weighted by atomic mass is 32.2. The van der Waals surface area contributed by atoms with E-state index in [9.17, 15) is 4.79 Å². The van der Waals surface area contributed by atoms with E-state index in [1.54, 1.807) is 6.20 Å². The third-order valence-corrected chi connectivity index (χ3v) is 6.64. The summed E-state index contributed by atoms with van der Waals surface area (Å²) >= 11 is 1.97. The molecule has 0 spiro atoms. The monoisotopic (exact) mass is 421 g/mol. The van der Waals surface area contributed by atoms with Gasteiger partial charge in [-0.3, -0.25) is 4.79 Å². The molecule has 4 heteroatoms. The van der Waals surface area contributed by atoms with Crippen LogP contribution in [-0.2, 0) is 21.4 Å². The molecule has 0 bridgehead atoms. The summed E-state index contributed by atoms with van der Waals surface area (Å²) in [4.78, 5) is 17.3. The molecule has 0 amide bonds. The Morgan fingerprint density at radius 2 is 1.97 bits per heavy atom. The van der Waals surface area contributed by atoms with Crippen molar-refractivity contribution < 1.29 is 9.53 Å². The normalized spacial score (nSPS) is 16.2. The fourth-order valence-corrected chi connectivity index (χ4v) is 5.89. The molecule has 2 aromatic rings. The number of ether oxygens (including phenoxy) is 1. The molecule has 1 aromatic heterocycles. The van der Waals surface area contributed by atoms with Crippen molar-refractivity contribution in [1.82, 2.24) is 4.98 Å². The van der Waals surface area contributed by atoms with Crippen molar-refractivity contribution >= 4 is 17.7 Å². The Labute approximate surface area is 185 Å². The van der Waals surface area contributed by atoms with Gasteiger partial charge in [-0.25, -0.2) is 4.98 Å². The highest BCUT2D eigenvalue weighted by molar-refractivity contribution is 8.00. The summed E-state index contributed by atoms with van der Waals surface area (Å²) in [5.41, 5.74) is 5.54. The highest BCUT2D eigenvalue weighted by Gasteiger charge is 2.38. The molecule has 158 valence electrons. The second kappa shape index (κ2) is 8.86. The number of thioether (sulfide) groups is 1. The molecule has 0 atom stereocenters. The van der Waals surface area contributed by atoms with Crippen LogP contribution in [0.1, 0.15) is 75.4 Å². The number of pyridine rings is 1. The number of esters is 1. The smallest absolute Gasteiger partial charge is 0.306 e. The van der Waals surface area contributed by atoms with E-state index in [4.69, 9.17) is 4.74 Å². The van der Waals surface area contributed by atoms with Crippen molar-refractivity contribution in [3.05, 3.63) is 58.4 Å². The average molecular weight is 422 g/mol. The number of aromatic nitrogens is 1. The fourth-order valence-electron chi connectivity index (χ4n) is 4.18. The van der Waals surface area contributed by atoms with E-state index < -0.39 is 0 Å². The second-order valence-electron chi connectivity index (χ2n) is 9.19. The van der Waals surface area contributed by atoms with Crippen molar-refractivity contribution in [1.29, 1.82) is 0 Å². The number of rotatable bonds is 4. The number of nitrogens with zero attached hydrogens (tertiary/aromatic N) is 1. The van der Waals surface area contributed by atoms with E-state index >= 15 is 0 Å². The van der Waals surface area contributed by atoms with Gasteiger partial charge in [-0.05, 0) is 72.9 Å². The molecule has 1 aromatic carbocycles. The van der Waals surface area contributed by atoms with Gasteiger partial charge >= 0.3 is 5.97 Å². The molecule has 0 saturated heterocycles. The fraction of sp³-hybridized carbons (Fsp3) is 0.462. The molecule has 1 aliphatic heterocycles. The zero-order valence-corrected chi connectivity index (χ0v) is 19.7. The van der Waals surface area contributed by atoms with Gasteiger partial charge in [0.2, 0.25) is 0 Å². The number of carbonyl (C=O) groups is 1. The van der Waals surface area contributed by atoms with Crippen molar-refractivity contribution in [2.45, 2.75) is 75.9 Å². The molecule has 0 radical (unpaired) electrons. The lowest BCUT2D eigenvalue weighted by Gasteiger charge is -2.42. The molecule has 0 aliphatic carbocycles. The summed E-state index contributed by atoms with van der Waals surface area (Å²) in [6, 6.07) is 8.47. The Kier molecular flexibility index (Phi) is 6.62.